The van der Waals surface area contributed by atoms with Crippen LogP contribution in [0.5, 0.6) is 0 Å². The van der Waals surface area contributed by atoms with Crippen LogP contribution in [0.3, 0.4) is 0 Å². The maximum absolute atomic E-state index is 11.7. The van der Waals surface area contributed by atoms with Gasteiger partial charge in [0.05, 0.1) is 6.42 Å². The average molecular weight is 326 g/mol. The molecule has 0 unspecified atom stereocenters. The summed E-state index contributed by atoms with van der Waals surface area (Å²) >= 11 is 0. The Kier molecular flexibility index (Phi) is 7.47. The molecule has 0 bridgehead atoms. The Morgan fingerprint density at radius 1 is 0.957 bits per heavy atom. The fourth-order valence-corrected chi connectivity index (χ4v) is 1.82. The van der Waals surface area contributed by atoms with E-state index in [1.807, 2.05) is 0 Å². The molecule has 128 valence electrons. The van der Waals surface area contributed by atoms with Crippen molar-refractivity contribution in [2.24, 2.45) is 0 Å². The first-order chi connectivity index (χ1) is 10.8. The number of carbonyl (C=O) groups is 3. The van der Waals surface area contributed by atoms with Crippen LogP contribution in [0.1, 0.15) is 33.6 Å². The van der Waals surface area contributed by atoms with E-state index >= 15 is 0 Å². The quantitative estimate of drug-likeness (QED) is 0.524. The zero-order chi connectivity index (χ0) is 17.4. The maximum atomic E-state index is 11.7. The van der Waals surface area contributed by atoms with E-state index in [1.54, 1.807) is 13.8 Å². The molecule has 7 nitrogen and oxygen atoms in total. The number of hydrogen-bond acceptors (Lipinski definition) is 7. The second kappa shape index (κ2) is 9.09. The zero-order valence-corrected chi connectivity index (χ0v) is 13.4. The van der Waals surface area contributed by atoms with Gasteiger partial charge in [-0.1, -0.05) is 6.08 Å². The first-order valence-corrected chi connectivity index (χ1v) is 7.41. The first kappa shape index (κ1) is 18.9. The molecule has 0 amide bonds. The summed E-state index contributed by atoms with van der Waals surface area (Å²) in [6, 6.07) is 0. The molecule has 0 aromatic carbocycles. The number of rotatable bonds is 0. The van der Waals surface area contributed by atoms with Gasteiger partial charge >= 0.3 is 17.9 Å². The van der Waals surface area contributed by atoms with Crippen LogP contribution >= 0.6 is 0 Å². The van der Waals surface area contributed by atoms with Gasteiger partial charge in [0, 0.05) is 18.6 Å². The van der Waals surface area contributed by atoms with Gasteiger partial charge in [-0.3, -0.25) is 4.79 Å². The molecule has 1 aliphatic heterocycles. The van der Waals surface area contributed by atoms with Crippen molar-refractivity contribution in [1.82, 2.24) is 0 Å². The zero-order valence-electron chi connectivity index (χ0n) is 13.4. The van der Waals surface area contributed by atoms with Crippen molar-refractivity contribution in [3.63, 3.8) is 0 Å². The summed E-state index contributed by atoms with van der Waals surface area (Å²) in [5.74, 6) is -1.84. The van der Waals surface area contributed by atoms with Crippen molar-refractivity contribution in [3.05, 3.63) is 24.3 Å². The summed E-state index contributed by atoms with van der Waals surface area (Å²) in [5, 5.41) is 9.80. The minimum atomic E-state index is -1.15. The minimum Gasteiger partial charge on any atom is -0.462 e. The molecule has 7 heteroatoms. The predicted molar refractivity (Wildman–Crippen MR) is 80.2 cm³/mol. The van der Waals surface area contributed by atoms with Crippen molar-refractivity contribution in [1.29, 1.82) is 0 Å². The number of carbonyl (C=O) groups excluding carboxylic acids is 3. The van der Waals surface area contributed by atoms with E-state index in [-0.39, 0.29) is 6.42 Å². The number of aliphatic hydroxyl groups excluding tert-OH is 1. The van der Waals surface area contributed by atoms with Gasteiger partial charge in [0.2, 0.25) is 0 Å². The van der Waals surface area contributed by atoms with Crippen LogP contribution in [0.15, 0.2) is 24.3 Å². The topological polar surface area (TPSA) is 99.1 Å². The van der Waals surface area contributed by atoms with E-state index in [9.17, 15) is 19.5 Å². The van der Waals surface area contributed by atoms with E-state index in [4.69, 9.17) is 14.2 Å². The van der Waals surface area contributed by atoms with Gasteiger partial charge in [-0.25, -0.2) is 9.59 Å². The molecule has 0 aliphatic carbocycles. The smallest absolute Gasteiger partial charge is 0.330 e. The van der Waals surface area contributed by atoms with E-state index in [1.165, 1.54) is 25.2 Å². The van der Waals surface area contributed by atoms with Crippen LogP contribution in [0.25, 0.3) is 0 Å². The van der Waals surface area contributed by atoms with Gasteiger partial charge in [-0.15, -0.1) is 0 Å². The van der Waals surface area contributed by atoms with Crippen LogP contribution in [0.4, 0.5) is 0 Å². The largest absolute Gasteiger partial charge is 0.462 e. The summed E-state index contributed by atoms with van der Waals surface area (Å²) in [7, 11) is 0. The number of aliphatic hydroxyl groups is 1. The molecule has 0 aromatic heterocycles. The molecule has 1 aliphatic rings. The second-order valence-electron chi connectivity index (χ2n) is 5.38. The van der Waals surface area contributed by atoms with Gasteiger partial charge in [0.1, 0.15) is 24.4 Å². The molecule has 1 N–H and O–H groups in total. The van der Waals surface area contributed by atoms with E-state index in [0.29, 0.717) is 6.42 Å². The Bertz CT molecular complexity index is 495. The fourth-order valence-electron chi connectivity index (χ4n) is 1.82. The van der Waals surface area contributed by atoms with E-state index in [2.05, 4.69) is 0 Å². The molecular formula is C16H22O7. The second-order valence-corrected chi connectivity index (χ2v) is 5.38. The third kappa shape index (κ3) is 7.60. The standard InChI is InChI=1S/C16H22O7/c1-10-5-4-6-14(18)23-12(3)13(17)7-8-15(19)22-11(2)9-16(20)21-10/h4,6-8,10-13,17H,5,9H2,1-3H3/t10-,11+,12-,13+/m0/s1. The summed E-state index contributed by atoms with van der Waals surface area (Å²) < 4.78 is 15.1. The molecule has 1 heterocycles. The van der Waals surface area contributed by atoms with Crippen LogP contribution in [-0.4, -0.2) is 47.4 Å². The molecule has 1 rings (SSSR count). The van der Waals surface area contributed by atoms with Crippen molar-refractivity contribution in [2.75, 3.05) is 0 Å². The predicted octanol–water partition coefficient (Wildman–Crippen LogP) is 1.05. The van der Waals surface area contributed by atoms with Crippen molar-refractivity contribution in [3.8, 4) is 0 Å². The third-order valence-electron chi connectivity index (χ3n) is 3.04. The highest BCUT2D eigenvalue weighted by Gasteiger charge is 2.18. The highest BCUT2D eigenvalue weighted by atomic mass is 16.6. The maximum Gasteiger partial charge on any atom is 0.330 e. The lowest BCUT2D eigenvalue weighted by atomic mass is 10.2. The molecular weight excluding hydrogens is 304 g/mol. The summed E-state index contributed by atoms with van der Waals surface area (Å²) in [6.07, 6.45) is 2.16. The summed E-state index contributed by atoms with van der Waals surface area (Å²) in [5.41, 5.74) is 0. The Balaban J connectivity index is 2.82. The molecule has 23 heavy (non-hydrogen) atoms. The SMILES string of the molecule is C[C@@H]1CC(=O)O[C@@H](C)CC=CC(=O)O[C@@H](C)[C@H](O)C=CC(=O)O1. The number of cyclic esters (lactones) is 3. The number of ether oxygens (including phenoxy) is 3. The third-order valence-corrected chi connectivity index (χ3v) is 3.04. The molecule has 0 saturated heterocycles. The molecule has 0 aromatic rings. The van der Waals surface area contributed by atoms with E-state index in [0.717, 1.165) is 6.08 Å². The molecule has 0 fully saturated rings. The normalized spacial score (nSPS) is 31.2. The molecule has 0 spiro atoms. The summed E-state index contributed by atoms with van der Waals surface area (Å²) in [6.45, 7) is 4.76. The summed E-state index contributed by atoms with van der Waals surface area (Å²) in [4.78, 5) is 34.8. The number of hydrogen-bond donors (Lipinski definition) is 1. The molecule has 4 atom stereocenters. The van der Waals surface area contributed by atoms with Gasteiger partial charge in [-0.05, 0) is 26.8 Å². The van der Waals surface area contributed by atoms with Crippen molar-refractivity contribution >= 4 is 17.9 Å². The van der Waals surface area contributed by atoms with Crippen molar-refractivity contribution in [2.45, 2.75) is 58.0 Å². The highest BCUT2D eigenvalue weighted by molar-refractivity contribution is 5.83. The lowest BCUT2D eigenvalue weighted by molar-refractivity contribution is -0.154. The van der Waals surface area contributed by atoms with Gasteiger partial charge in [0.25, 0.3) is 0 Å². The molecule has 0 radical (unpaired) electrons. The Morgan fingerprint density at radius 2 is 1.61 bits per heavy atom. The molecule has 0 saturated carbocycles. The van der Waals surface area contributed by atoms with Gasteiger partial charge in [0.15, 0.2) is 0 Å². The lowest BCUT2D eigenvalue weighted by Crippen LogP contribution is -2.27. The number of esters is 3. The average Bonchev–Trinajstić information content (AvgIpc) is 2.42. The van der Waals surface area contributed by atoms with Crippen LogP contribution in [-0.2, 0) is 28.6 Å². The van der Waals surface area contributed by atoms with Gasteiger partial charge in [-0.2, -0.15) is 0 Å². The first-order valence-electron chi connectivity index (χ1n) is 7.41. The van der Waals surface area contributed by atoms with Crippen molar-refractivity contribution < 1.29 is 33.7 Å². The van der Waals surface area contributed by atoms with E-state index < -0.39 is 42.3 Å². The fraction of sp³-hybridized carbons (Fsp3) is 0.562. The van der Waals surface area contributed by atoms with Gasteiger partial charge < -0.3 is 19.3 Å². The Morgan fingerprint density at radius 3 is 2.30 bits per heavy atom. The highest BCUT2D eigenvalue weighted by Crippen LogP contribution is 2.08. The van der Waals surface area contributed by atoms with Crippen LogP contribution in [0, 0.1) is 0 Å². The van der Waals surface area contributed by atoms with Crippen LogP contribution in [0.2, 0.25) is 0 Å². The Hall–Kier alpha value is -2.15. The Labute approximate surface area is 134 Å². The minimum absolute atomic E-state index is 0.0748. The lowest BCUT2D eigenvalue weighted by Gasteiger charge is -2.17. The van der Waals surface area contributed by atoms with Crippen LogP contribution < -0.4 is 0 Å². The monoisotopic (exact) mass is 326 g/mol.